The van der Waals surface area contributed by atoms with E-state index in [4.69, 9.17) is 10.5 Å². The maximum absolute atomic E-state index is 13.5. The van der Waals surface area contributed by atoms with Gasteiger partial charge in [-0.15, -0.1) is 0 Å². The van der Waals surface area contributed by atoms with Crippen molar-refractivity contribution in [2.24, 2.45) is 0 Å². The minimum absolute atomic E-state index is 0.140. The molecule has 0 spiro atoms. The van der Waals surface area contributed by atoms with Crippen molar-refractivity contribution in [1.29, 1.82) is 0 Å². The highest BCUT2D eigenvalue weighted by atomic mass is 19.1. The number of amides is 1. The predicted molar refractivity (Wildman–Crippen MR) is 120 cm³/mol. The Morgan fingerprint density at radius 3 is 2.79 bits per heavy atom. The van der Waals surface area contributed by atoms with Crippen molar-refractivity contribution >= 4 is 29.0 Å². The van der Waals surface area contributed by atoms with Crippen molar-refractivity contribution in [3.05, 3.63) is 59.8 Å². The molecule has 0 aliphatic carbocycles. The summed E-state index contributed by atoms with van der Waals surface area (Å²) >= 11 is 0. The number of benzene rings is 1. The zero-order valence-electron chi connectivity index (χ0n) is 18.0. The number of nitrogen functional groups attached to an aromatic ring is 1. The molecule has 0 bridgehead atoms. The summed E-state index contributed by atoms with van der Waals surface area (Å²) < 4.78 is 20.3. The fraction of sp³-hybridized carbons (Fsp3) is 0.227. The van der Waals surface area contributed by atoms with Gasteiger partial charge in [0.2, 0.25) is 5.91 Å². The average Bonchev–Trinajstić information content (AvgIpc) is 3.37. The quantitative estimate of drug-likeness (QED) is 0.383. The Labute approximate surface area is 188 Å². The summed E-state index contributed by atoms with van der Waals surface area (Å²) in [5.41, 5.74) is 7.32. The van der Waals surface area contributed by atoms with E-state index in [1.165, 1.54) is 12.1 Å². The number of methoxy groups -OCH3 is 1. The third-order valence-corrected chi connectivity index (χ3v) is 5.75. The second-order valence-electron chi connectivity index (χ2n) is 7.79. The molecule has 168 valence electrons. The van der Waals surface area contributed by atoms with Gasteiger partial charge in [-0.05, 0) is 24.6 Å². The predicted octanol–water partition coefficient (Wildman–Crippen LogP) is 2.22. The molecule has 1 amide bonds. The number of halogens is 1. The molecule has 1 unspecified atom stereocenters. The van der Waals surface area contributed by atoms with Gasteiger partial charge in [-0.25, -0.2) is 24.3 Å². The minimum Gasteiger partial charge on any atom is -0.383 e. The van der Waals surface area contributed by atoms with Gasteiger partial charge < -0.3 is 25.5 Å². The first kappa shape index (κ1) is 20.8. The van der Waals surface area contributed by atoms with Crippen LogP contribution in [0.15, 0.2) is 42.9 Å². The number of hydrogen-bond acceptors (Lipinski definition) is 8. The number of carbonyl (C=O) groups is 1. The van der Waals surface area contributed by atoms with Crippen LogP contribution < -0.4 is 16.4 Å². The summed E-state index contributed by atoms with van der Waals surface area (Å²) in [6.45, 7) is 2.75. The van der Waals surface area contributed by atoms with Gasteiger partial charge in [0.1, 0.15) is 28.6 Å². The van der Waals surface area contributed by atoms with Gasteiger partial charge in [0.25, 0.3) is 0 Å². The minimum atomic E-state index is -1.15. The molecule has 1 aliphatic heterocycles. The lowest BCUT2D eigenvalue weighted by Crippen LogP contribution is -2.33. The molecule has 1 atom stereocenters. The topological polar surface area (TPSA) is 132 Å². The highest BCUT2D eigenvalue weighted by Gasteiger charge is 2.47. The number of nitrogens with zero attached hydrogens (tertiary/aromatic N) is 5. The van der Waals surface area contributed by atoms with Gasteiger partial charge in [-0.3, -0.25) is 4.79 Å². The van der Waals surface area contributed by atoms with E-state index in [1.54, 1.807) is 49.2 Å². The Balaban J connectivity index is 1.60. The standard InChI is InChI=1S/C22H21FN8O2/c1-22(12-3-5-13(23)6-4-12)15-16(24)28-17(29-18(15)30-21(22)32)14-11-31-9-7-26-20(31)19(27-14)25-8-10-33-2/h3-7,9,11H,8,10H2,1-2H3,(H,25,27)(H3,24,28,29,30,32). The molecule has 33 heavy (non-hydrogen) atoms. The normalized spacial score (nSPS) is 17.2. The van der Waals surface area contributed by atoms with E-state index in [9.17, 15) is 9.18 Å². The van der Waals surface area contributed by atoms with Crippen LogP contribution in [0.2, 0.25) is 0 Å². The number of aromatic nitrogens is 5. The molecule has 10 nitrogen and oxygen atoms in total. The number of hydrogen-bond donors (Lipinski definition) is 3. The number of rotatable bonds is 6. The number of nitrogens with two attached hydrogens (primary N) is 1. The molecule has 0 fully saturated rings. The van der Waals surface area contributed by atoms with Crippen molar-refractivity contribution in [2.45, 2.75) is 12.3 Å². The monoisotopic (exact) mass is 448 g/mol. The van der Waals surface area contributed by atoms with Crippen LogP contribution in [0.25, 0.3) is 17.2 Å². The maximum Gasteiger partial charge on any atom is 0.240 e. The fourth-order valence-electron chi connectivity index (χ4n) is 4.01. The van der Waals surface area contributed by atoms with Crippen LogP contribution >= 0.6 is 0 Å². The summed E-state index contributed by atoms with van der Waals surface area (Å²) in [6, 6.07) is 5.73. The van der Waals surface area contributed by atoms with Crippen molar-refractivity contribution in [2.75, 3.05) is 36.6 Å². The highest BCUT2D eigenvalue weighted by molar-refractivity contribution is 6.09. The van der Waals surface area contributed by atoms with Crippen molar-refractivity contribution in [1.82, 2.24) is 24.3 Å². The highest BCUT2D eigenvalue weighted by Crippen LogP contribution is 2.44. The molecular weight excluding hydrogens is 427 g/mol. The Hall–Kier alpha value is -4.12. The first-order valence-corrected chi connectivity index (χ1v) is 10.2. The van der Waals surface area contributed by atoms with Crippen LogP contribution in [0.3, 0.4) is 0 Å². The maximum atomic E-state index is 13.5. The summed E-state index contributed by atoms with van der Waals surface area (Å²) in [4.78, 5) is 31.0. The summed E-state index contributed by atoms with van der Waals surface area (Å²) in [5.74, 6) is 0.522. The van der Waals surface area contributed by atoms with Gasteiger partial charge in [0, 0.05) is 32.2 Å². The van der Waals surface area contributed by atoms with Gasteiger partial charge >= 0.3 is 0 Å². The second kappa shape index (κ2) is 7.78. The van der Waals surface area contributed by atoms with Crippen LogP contribution in [0.5, 0.6) is 0 Å². The first-order valence-electron chi connectivity index (χ1n) is 10.2. The van der Waals surface area contributed by atoms with Crippen LogP contribution in [-0.4, -0.2) is 50.5 Å². The lowest BCUT2D eigenvalue weighted by molar-refractivity contribution is -0.119. The van der Waals surface area contributed by atoms with E-state index in [1.807, 2.05) is 0 Å². The molecule has 4 aromatic rings. The van der Waals surface area contributed by atoms with E-state index in [-0.39, 0.29) is 17.5 Å². The van der Waals surface area contributed by atoms with Gasteiger partial charge in [0.05, 0.1) is 12.2 Å². The first-order chi connectivity index (χ1) is 15.9. The Bertz CT molecular complexity index is 1370. The Kier molecular flexibility index (Phi) is 4.90. The number of anilines is 3. The third kappa shape index (κ3) is 3.33. The Morgan fingerprint density at radius 2 is 2.03 bits per heavy atom. The van der Waals surface area contributed by atoms with Gasteiger partial charge in [-0.2, -0.15) is 0 Å². The van der Waals surface area contributed by atoms with Crippen LogP contribution in [-0.2, 0) is 14.9 Å². The van der Waals surface area contributed by atoms with E-state index >= 15 is 0 Å². The second-order valence-corrected chi connectivity index (χ2v) is 7.79. The van der Waals surface area contributed by atoms with E-state index in [2.05, 4.69) is 30.6 Å². The number of imidazole rings is 1. The lowest BCUT2D eigenvalue weighted by Gasteiger charge is -2.23. The molecular formula is C22H21FN8O2. The van der Waals surface area contributed by atoms with Crippen molar-refractivity contribution in [3.63, 3.8) is 0 Å². The lowest BCUT2D eigenvalue weighted by atomic mass is 9.78. The molecule has 0 saturated heterocycles. The summed E-state index contributed by atoms with van der Waals surface area (Å²) in [5, 5.41) is 5.99. The molecule has 1 aliphatic rings. The zero-order chi connectivity index (χ0) is 23.2. The average molecular weight is 448 g/mol. The fourth-order valence-corrected chi connectivity index (χ4v) is 4.01. The van der Waals surface area contributed by atoms with Crippen molar-refractivity contribution < 1.29 is 13.9 Å². The molecule has 5 rings (SSSR count). The SMILES string of the molecule is COCCNc1nc(-c2nc(N)c3c(n2)NC(=O)C3(C)c2ccc(F)cc2)cn2ccnc12. The molecule has 4 heterocycles. The van der Waals surface area contributed by atoms with Crippen LogP contribution in [0.4, 0.5) is 21.8 Å². The molecule has 1 aromatic carbocycles. The van der Waals surface area contributed by atoms with Crippen LogP contribution in [0.1, 0.15) is 18.1 Å². The van der Waals surface area contributed by atoms with Gasteiger partial charge in [-0.1, -0.05) is 12.1 Å². The molecule has 0 saturated carbocycles. The largest absolute Gasteiger partial charge is 0.383 e. The van der Waals surface area contributed by atoms with E-state index < -0.39 is 11.2 Å². The molecule has 0 radical (unpaired) electrons. The van der Waals surface area contributed by atoms with Crippen LogP contribution in [0, 0.1) is 5.82 Å². The third-order valence-electron chi connectivity index (χ3n) is 5.75. The molecule has 4 N–H and O–H groups in total. The number of fused-ring (bicyclic) bond motifs is 2. The number of nitrogens with one attached hydrogen (secondary N) is 2. The van der Waals surface area contributed by atoms with E-state index in [0.29, 0.717) is 47.3 Å². The van der Waals surface area contributed by atoms with E-state index in [0.717, 1.165) is 0 Å². The summed E-state index contributed by atoms with van der Waals surface area (Å²) in [7, 11) is 1.62. The van der Waals surface area contributed by atoms with Gasteiger partial charge in [0.15, 0.2) is 17.3 Å². The Morgan fingerprint density at radius 1 is 1.24 bits per heavy atom. The zero-order valence-corrected chi connectivity index (χ0v) is 18.0. The molecule has 11 heteroatoms. The number of carbonyl (C=O) groups excluding carboxylic acids is 1. The smallest absolute Gasteiger partial charge is 0.240 e. The van der Waals surface area contributed by atoms with Crippen molar-refractivity contribution in [3.8, 4) is 11.5 Å². The summed E-state index contributed by atoms with van der Waals surface area (Å²) in [6.07, 6.45) is 5.18. The molecule has 3 aromatic heterocycles. The number of ether oxygens (including phenoxy) is 1.